The lowest BCUT2D eigenvalue weighted by molar-refractivity contribution is -0.150. The van der Waals surface area contributed by atoms with E-state index in [4.69, 9.17) is 0 Å². The normalized spacial score (nSPS) is 16.3. The highest BCUT2D eigenvalue weighted by molar-refractivity contribution is 6.03. The molecule has 2 amide bonds. The second-order valence-electron chi connectivity index (χ2n) is 9.85. The number of carboxylic acids is 1. The zero-order valence-corrected chi connectivity index (χ0v) is 22.3. The molecule has 1 aliphatic rings. The van der Waals surface area contributed by atoms with Crippen molar-refractivity contribution in [1.82, 2.24) is 5.32 Å². The van der Waals surface area contributed by atoms with Gasteiger partial charge in [-0.05, 0) is 36.2 Å². The molecule has 0 fully saturated rings. The molecule has 43 heavy (non-hydrogen) atoms. The molecule has 0 saturated heterocycles. The Morgan fingerprint density at radius 1 is 1.07 bits per heavy atom. The Morgan fingerprint density at radius 2 is 1.77 bits per heavy atom. The number of carboxylic acid groups (broad SMARTS) is 1. The van der Waals surface area contributed by atoms with Crippen LogP contribution >= 0.6 is 0 Å². The Bertz CT molecular complexity index is 1540. The Balaban J connectivity index is 1.74. The largest absolute Gasteiger partial charge is 0.481 e. The van der Waals surface area contributed by atoms with Crippen LogP contribution < -0.4 is 15.5 Å². The second-order valence-corrected chi connectivity index (χ2v) is 9.85. The minimum Gasteiger partial charge on any atom is -0.481 e. The number of nitriles is 1. The number of carbonyl (C=O) groups is 3. The number of fused-ring (bicyclic) bond motifs is 1. The average molecular weight is 601 g/mol. The Kier molecular flexibility index (Phi) is 9.28. The lowest BCUT2D eigenvalue weighted by atomic mass is 9.82. The molecule has 3 N–H and O–H groups in total. The number of halogens is 5. The van der Waals surface area contributed by atoms with E-state index in [2.05, 4.69) is 10.6 Å². The second kappa shape index (κ2) is 12.9. The zero-order chi connectivity index (χ0) is 31.3. The van der Waals surface area contributed by atoms with Crippen molar-refractivity contribution >= 4 is 34.8 Å². The van der Waals surface area contributed by atoms with Gasteiger partial charge in [0, 0.05) is 17.7 Å². The number of aliphatic carboxylic acids is 1. The van der Waals surface area contributed by atoms with Gasteiger partial charge in [-0.25, -0.2) is 8.78 Å². The van der Waals surface area contributed by atoms with Gasteiger partial charge >= 0.3 is 12.1 Å². The highest BCUT2D eigenvalue weighted by Gasteiger charge is 2.41. The Labute approximate surface area is 242 Å². The number of alkyl halides is 5. The smallest absolute Gasteiger partial charge is 0.389 e. The molecule has 13 heteroatoms. The molecule has 1 heterocycles. The molecule has 0 radical (unpaired) electrons. The minimum absolute atomic E-state index is 0.0894. The van der Waals surface area contributed by atoms with Crippen LogP contribution in [0.2, 0.25) is 0 Å². The van der Waals surface area contributed by atoms with Crippen molar-refractivity contribution < 1.29 is 41.4 Å². The first-order chi connectivity index (χ1) is 20.4. The molecule has 0 aliphatic carbocycles. The van der Waals surface area contributed by atoms with Crippen molar-refractivity contribution in [3.8, 4) is 6.07 Å². The summed E-state index contributed by atoms with van der Waals surface area (Å²) < 4.78 is 67.6. The lowest BCUT2D eigenvalue weighted by Gasteiger charge is -2.29. The highest BCUT2D eigenvalue weighted by Crippen LogP contribution is 2.41. The molecule has 0 saturated carbocycles. The molecule has 3 atom stereocenters. The predicted molar refractivity (Wildman–Crippen MR) is 146 cm³/mol. The number of nitrogens with one attached hydrogen (secondary N) is 2. The van der Waals surface area contributed by atoms with E-state index in [0.29, 0.717) is 5.69 Å². The minimum atomic E-state index is -4.70. The average Bonchev–Trinajstić information content (AvgIpc) is 3.10. The highest BCUT2D eigenvalue weighted by atomic mass is 19.4. The molecule has 8 nitrogen and oxygen atoms in total. The topological polar surface area (TPSA) is 123 Å². The van der Waals surface area contributed by atoms with Crippen molar-refractivity contribution in [3.05, 3.63) is 89.5 Å². The van der Waals surface area contributed by atoms with Crippen molar-refractivity contribution in [3.63, 3.8) is 0 Å². The van der Waals surface area contributed by atoms with E-state index in [1.807, 2.05) is 6.07 Å². The number of nitrogens with zero attached hydrogens (tertiary/aromatic N) is 2. The number of benzene rings is 3. The van der Waals surface area contributed by atoms with E-state index in [1.165, 1.54) is 59.5 Å². The summed E-state index contributed by atoms with van der Waals surface area (Å²) in [4.78, 5) is 40.6. The van der Waals surface area contributed by atoms with Crippen LogP contribution in [-0.4, -0.2) is 41.7 Å². The van der Waals surface area contributed by atoms with Gasteiger partial charge in [-0.15, -0.1) is 0 Å². The van der Waals surface area contributed by atoms with Crippen LogP contribution in [0.5, 0.6) is 0 Å². The summed E-state index contributed by atoms with van der Waals surface area (Å²) in [5, 5.41) is 24.1. The number of rotatable bonds is 9. The van der Waals surface area contributed by atoms with Gasteiger partial charge < -0.3 is 20.6 Å². The van der Waals surface area contributed by atoms with Crippen LogP contribution in [0.4, 0.5) is 39.0 Å². The zero-order valence-electron chi connectivity index (χ0n) is 22.3. The van der Waals surface area contributed by atoms with Gasteiger partial charge in [-0.1, -0.05) is 48.5 Å². The van der Waals surface area contributed by atoms with Crippen LogP contribution in [0.15, 0.2) is 72.8 Å². The summed E-state index contributed by atoms with van der Waals surface area (Å²) in [6, 6.07) is 17.6. The van der Waals surface area contributed by atoms with E-state index in [9.17, 15) is 46.7 Å². The molecule has 3 aromatic carbocycles. The maximum absolute atomic E-state index is 14.0. The van der Waals surface area contributed by atoms with Gasteiger partial charge in [0.1, 0.15) is 6.04 Å². The monoisotopic (exact) mass is 600 g/mol. The molecule has 4 rings (SSSR count). The number of para-hydroxylation sites is 1. The van der Waals surface area contributed by atoms with Crippen LogP contribution in [-0.2, 0) is 14.4 Å². The Hall–Kier alpha value is -4.99. The van der Waals surface area contributed by atoms with Crippen molar-refractivity contribution in [2.75, 3.05) is 16.8 Å². The first kappa shape index (κ1) is 31.0. The fourth-order valence-electron chi connectivity index (χ4n) is 5.03. The van der Waals surface area contributed by atoms with Gasteiger partial charge in [0.15, 0.2) is 0 Å². The fraction of sp³-hybridized carbons (Fsp3) is 0.267. The van der Waals surface area contributed by atoms with Gasteiger partial charge in [-0.3, -0.25) is 14.4 Å². The number of hydrogen-bond acceptors (Lipinski definition) is 5. The van der Waals surface area contributed by atoms with Gasteiger partial charge in [0.05, 0.1) is 41.4 Å². The lowest BCUT2D eigenvalue weighted by Crippen LogP contribution is -2.51. The third kappa shape index (κ3) is 7.27. The summed E-state index contributed by atoms with van der Waals surface area (Å²) in [5.41, 5.74) is -0.0255. The molecular weight excluding hydrogens is 575 g/mol. The molecule has 224 valence electrons. The summed E-state index contributed by atoms with van der Waals surface area (Å²) in [6.45, 7) is -0.374. The van der Waals surface area contributed by atoms with E-state index in [1.54, 1.807) is 12.1 Å². The molecule has 2 unspecified atom stereocenters. The molecule has 0 spiro atoms. The molecular formula is C30H25F5N4O4. The first-order valence-electron chi connectivity index (χ1n) is 13.0. The quantitative estimate of drug-likeness (QED) is 0.263. The number of hydrogen-bond donors (Lipinski definition) is 3. The number of anilines is 3. The van der Waals surface area contributed by atoms with E-state index in [-0.39, 0.29) is 29.0 Å². The van der Waals surface area contributed by atoms with E-state index in [0.717, 1.165) is 6.07 Å². The number of carbonyl (C=O) groups excluding carboxylic acids is 2. The maximum atomic E-state index is 14.0. The van der Waals surface area contributed by atoms with Gasteiger partial charge in [0.25, 0.3) is 6.43 Å². The van der Waals surface area contributed by atoms with Gasteiger partial charge in [0.2, 0.25) is 11.8 Å². The van der Waals surface area contributed by atoms with Crippen LogP contribution in [0.3, 0.4) is 0 Å². The van der Waals surface area contributed by atoms with Crippen molar-refractivity contribution in [1.29, 1.82) is 5.26 Å². The SMILES string of the molecule is N#Cc1cccc(N2CC(NC(=O)C(CCC(F)(F)F)[C@@H](C(=O)O)c3ccccc3)C(=O)Nc3c(C(F)F)cccc32)c1. The van der Waals surface area contributed by atoms with Crippen LogP contribution in [0.25, 0.3) is 0 Å². The fourth-order valence-corrected chi connectivity index (χ4v) is 5.03. The summed E-state index contributed by atoms with van der Waals surface area (Å²) in [5.74, 6) is -7.03. The Morgan fingerprint density at radius 3 is 2.40 bits per heavy atom. The molecule has 3 aromatic rings. The summed E-state index contributed by atoms with van der Waals surface area (Å²) in [7, 11) is 0. The van der Waals surface area contributed by atoms with Crippen LogP contribution in [0, 0.1) is 17.2 Å². The standard InChI is InChI=1S/C30H25F5N4O4/c31-26(32)21-10-5-11-23-25(21)38-28(41)22(16-39(23)19-9-4-6-17(14-19)15-36)37-27(40)20(12-13-30(33,34)35)24(29(42)43)18-7-2-1-3-8-18/h1-11,14,20,22,24,26H,12-13,16H2,(H,37,40)(H,38,41)(H,42,43)/t20?,22?,24-/m0/s1. The van der Waals surface area contributed by atoms with Crippen molar-refractivity contribution in [2.45, 2.75) is 37.4 Å². The van der Waals surface area contributed by atoms with E-state index < -0.39 is 66.7 Å². The summed E-state index contributed by atoms with van der Waals surface area (Å²) in [6.07, 6.45) is -10.1. The molecule has 0 bridgehead atoms. The summed E-state index contributed by atoms with van der Waals surface area (Å²) >= 11 is 0. The predicted octanol–water partition coefficient (Wildman–Crippen LogP) is 5.90. The first-order valence-corrected chi connectivity index (χ1v) is 13.0. The number of amides is 2. The van der Waals surface area contributed by atoms with Crippen molar-refractivity contribution in [2.24, 2.45) is 5.92 Å². The third-order valence-electron chi connectivity index (χ3n) is 7.04. The van der Waals surface area contributed by atoms with E-state index >= 15 is 0 Å². The molecule has 1 aliphatic heterocycles. The van der Waals surface area contributed by atoms with Gasteiger partial charge in [-0.2, -0.15) is 18.4 Å². The third-order valence-corrected chi connectivity index (χ3v) is 7.04. The molecule has 0 aromatic heterocycles. The maximum Gasteiger partial charge on any atom is 0.389 e. The van der Waals surface area contributed by atoms with Crippen LogP contribution in [0.1, 0.15) is 41.9 Å².